The van der Waals surface area contributed by atoms with Crippen LogP contribution in [-0.4, -0.2) is 17.6 Å². The highest BCUT2D eigenvalue weighted by molar-refractivity contribution is 14.1. The van der Waals surface area contributed by atoms with E-state index in [2.05, 4.69) is 50.5 Å². The predicted molar refractivity (Wildman–Crippen MR) is 194 cm³/mol. The van der Waals surface area contributed by atoms with Crippen molar-refractivity contribution in [1.82, 2.24) is 4.57 Å². The normalized spacial score (nSPS) is 14.5. The number of nitrogens with zero attached hydrogens (tertiary/aromatic N) is 2. The molecule has 0 fully saturated rings. The van der Waals surface area contributed by atoms with Crippen LogP contribution in [0.1, 0.15) is 29.7 Å². The third-order valence-corrected chi connectivity index (χ3v) is 9.69. The first-order valence-corrected chi connectivity index (χ1v) is 17.0. The maximum absolute atomic E-state index is 14.3. The van der Waals surface area contributed by atoms with Gasteiger partial charge in [0.05, 0.1) is 32.5 Å². The summed E-state index contributed by atoms with van der Waals surface area (Å²) in [7, 11) is 1.60. The van der Waals surface area contributed by atoms with Gasteiger partial charge in [0.15, 0.2) is 4.80 Å². The zero-order valence-corrected chi connectivity index (χ0v) is 29.4. The Balaban J connectivity index is 1.47. The first-order chi connectivity index (χ1) is 21.8. The fourth-order valence-corrected chi connectivity index (χ4v) is 8.23. The summed E-state index contributed by atoms with van der Waals surface area (Å²) in [5, 5.41) is 2.99. The lowest BCUT2D eigenvalue weighted by Crippen LogP contribution is -2.40. The zero-order valence-electron chi connectivity index (χ0n) is 24.3. The summed E-state index contributed by atoms with van der Waals surface area (Å²) < 4.78 is 15.8. The van der Waals surface area contributed by atoms with Crippen molar-refractivity contribution in [3.63, 3.8) is 0 Å². The number of aromatic nitrogens is 1. The first-order valence-electron chi connectivity index (χ1n) is 14.0. The number of carbonyl (C=O) groups is 1. The Bertz CT molecular complexity index is 2090. The van der Waals surface area contributed by atoms with E-state index in [1.54, 1.807) is 11.7 Å². The fourth-order valence-electron chi connectivity index (χ4n) is 5.14. The molecule has 1 aliphatic rings. The van der Waals surface area contributed by atoms with Crippen molar-refractivity contribution < 1.29 is 14.3 Å². The molecule has 0 bridgehead atoms. The van der Waals surface area contributed by atoms with Crippen LogP contribution in [0.25, 0.3) is 6.08 Å². The Morgan fingerprint density at radius 1 is 1.00 bits per heavy atom. The van der Waals surface area contributed by atoms with Crippen LogP contribution in [0, 0.1) is 7.14 Å². The van der Waals surface area contributed by atoms with Crippen molar-refractivity contribution in [2.45, 2.75) is 19.6 Å². The largest absolute Gasteiger partial charge is 0.497 e. The number of ether oxygens (including phenoxy) is 2. The molecule has 0 spiro atoms. The van der Waals surface area contributed by atoms with Gasteiger partial charge < -0.3 is 14.8 Å². The van der Waals surface area contributed by atoms with Gasteiger partial charge in [-0.2, -0.15) is 0 Å². The number of anilines is 1. The van der Waals surface area contributed by atoms with Gasteiger partial charge in [-0.15, -0.1) is 0 Å². The fraction of sp³-hybridized carbons (Fsp3) is 0.114. The topological polar surface area (TPSA) is 81.9 Å². The number of halogens is 2. The van der Waals surface area contributed by atoms with E-state index >= 15 is 0 Å². The molecule has 1 N–H and O–H groups in total. The quantitative estimate of drug-likeness (QED) is 0.177. The number of methoxy groups -OCH3 is 1. The minimum absolute atomic E-state index is 0.236. The number of nitrogens with one attached hydrogen (secondary N) is 1. The highest BCUT2D eigenvalue weighted by Crippen LogP contribution is 2.33. The minimum Gasteiger partial charge on any atom is -0.497 e. The van der Waals surface area contributed by atoms with Crippen LogP contribution in [-0.2, 0) is 11.4 Å². The molecule has 1 aliphatic heterocycles. The van der Waals surface area contributed by atoms with E-state index in [-0.39, 0.29) is 11.5 Å². The van der Waals surface area contributed by atoms with E-state index in [0.29, 0.717) is 44.4 Å². The number of amides is 1. The van der Waals surface area contributed by atoms with Gasteiger partial charge in [0.25, 0.3) is 11.5 Å². The number of benzene rings is 4. The highest BCUT2D eigenvalue weighted by atomic mass is 127. The van der Waals surface area contributed by atoms with Crippen molar-refractivity contribution in [2.24, 2.45) is 4.99 Å². The number of allylic oxidation sites excluding steroid dienone is 1. The van der Waals surface area contributed by atoms with Gasteiger partial charge in [0, 0.05) is 14.8 Å². The van der Waals surface area contributed by atoms with Gasteiger partial charge >= 0.3 is 0 Å². The number of hydrogen-bond donors (Lipinski definition) is 1. The van der Waals surface area contributed by atoms with E-state index < -0.39 is 6.04 Å². The Labute approximate surface area is 291 Å². The maximum Gasteiger partial charge on any atom is 0.271 e. The monoisotopic (exact) mass is 839 g/mol. The Morgan fingerprint density at radius 2 is 1.69 bits per heavy atom. The molecule has 4 aromatic carbocycles. The number of thiazole rings is 1. The molecule has 0 radical (unpaired) electrons. The smallest absolute Gasteiger partial charge is 0.271 e. The Kier molecular flexibility index (Phi) is 9.52. The second-order valence-corrected chi connectivity index (χ2v) is 13.7. The SMILES string of the molecule is COc1ccc([C@@H]2C(C(=O)Nc3ccccc3)=C(C)N=c3s/c(=C/c4cc(I)cc(I)c4OCc4ccccc4)c(=O)n32)cc1. The van der Waals surface area contributed by atoms with Crippen molar-refractivity contribution in [3.05, 3.63) is 152 Å². The molecule has 0 aliphatic carbocycles. The molecular formula is C35H27I2N3O4S. The molecule has 1 atom stereocenters. The average molecular weight is 839 g/mol. The average Bonchev–Trinajstić information content (AvgIpc) is 3.34. The molecule has 7 nitrogen and oxygen atoms in total. The summed E-state index contributed by atoms with van der Waals surface area (Å²) in [4.78, 5) is 33.4. The van der Waals surface area contributed by atoms with E-state index in [9.17, 15) is 9.59 Å². The molecule has 6 rings (SSSR count). The predicted octanol–water partition coefficient (Wildman–Crippen LogP) is 6.67. The third kappa shape index (κ3) is 6.77. The van der Waals surface area contributed by atoms with Crippen LogP contribution in [0.2, 0.25) is 0 Å². The van der Waals surface area contributed by atoms with E-state index in [1.165, 1.54) is 11.3 Å². The molecule has 1 aromatic heterocycles. The lowest BCUT2D eigenvalue weighted by molar-refractivity contribution is -0.113. The highest BCUT2D eigenvalue weighted by Gasteiger charge is 2.32. The van der Waals surface area contributed by atoms with Crippen LogP contribution in [0.3, 0.4) is 0 Å². The van der Waals surface area contributed by atoms with Gasteiger partial charge in [-0.05, 0) is 106 Å². The van der Waals surface area contributed by atoms with Crippen LogP contribution < -0.4 is 29.7 Å². The van der Waals surface area contributed by atoms with Crippen molar-refractivity contribution in [1.29, 1.82) is 0 Å². The van der Waals surface area contributed by atoms with Crippen LogP contribution in [0.5, 0.6) is 11.5 Å². The maximum atomic E-state index is 14.3. The molecule has 226 valence electrons. The van der Waals surface area contributed by atoms with Crippen LogP contribution in [0.15, 0.2) is 118 Å². The summed E-state index contributed by atoms with van der Waals surface area (Å²) >= 11 is 5.84. The summed E-state index contributed by atoms with van der Waals surface area (Å²) in [5.41, 5.74) is 3.99. The van der Waals surface area contributed by atoms with E-state index in [0.717, 1.165) is 23.8 Å². The van der Waals surface area contributed by atoms with E-state index in [1.807, 2.05) is 110 Å². The van der Waals surface area contributed by atoms with Gasteiger partial charge in [0.1, 0.15) is 18.1 Å². The van der Waals surface area contributed by atoms with Gasteiger partial charge in [-0.1, -0.05) is 72.0 Å². The zero-order chi connectivity index (χ0) is 31.5. The Morgan fingerprint density at radius 3 is 2.38 bits per heavy atom. The summed E-state index contributed by atoms with van der Waals surface area (Å²) in [6.07, 6.45) is 1.86. The molecule has 0 unspecified atom stereocenters. The molecular weight excluding hydrogens is 812 g/mol. The second-order valence-electron chi connectivity index (χ2n) is 10.3. The number of rotatable bonds is 8. The van der Waals surface area contributed by atoms with Gasteiger partial charge in [0.2, 0.25) is 0 Å². The van der Waals surface area contributed by atoms with Crippen LogP contribution in [0.4, 0.5) is 5.69 Å². The summed E-state index contributed by atoms with van der Waals surface area (Å²) in [6.45, 7) is 2.21. The van der Waals surface area contributed by atoms with Crippen molar-refractivity contribution in [2.75, 3.05) is 12.4 Å². The number of hydrogen-bond acceptors (Lipinski definition) is 6. The lowest BCUT2D eigenvalue weighted by atomic mass is 9.95. The Hall–Kier alpha value is -3.75. The molecule has 0 saturated carbocycles. The molecule has 10 heteroatoms. The van der Waals surface area contributed by atoms with Crippen molar-refractivity contribution >= 4 is 74.2 Å². The number of carbonyl (C=O) groups excluding carboxylic acids is 1. The van der Waals surface area contributed by atoms with E-state index in [4.69, 9.17) is 14.5 Å². The standard InChI is InChI=1S/C35H27I2N3O4S/c1-21-30(33(41)39-26-11-7-4-8-12-26)31(23-13-15-27(43-2)16-14-23)40-34(42)29(45-35(40)38-21)18-24-17-25(36)19-28(37)32(24)44-20-22-9-5-3-6-10-22/h3-19,31H,20H2,1-2H3,(H,39,41)/b29-18+/t31-/m1/s1. The number of para-hydroxylation sites is 1. The summed E-state index contributed by atoms with van der Waals surface area (Å²) in [5.74, 6) is 1.07. The molecule has 2 heterocycles. The molecule has 45 heavy (non-hydrogen) atoms. The molecule has 0 saturated heterocycles. The second kappa shape index (κ2) is 13.7. The third-order valence-electron chi connectivity index (χ3n) is 7.28. The lowest BCUT2D eigenvalue weighted by Gasteiger charge is -2.25. The summed E-state index contributed by atoms with van der Waals surface area (Å²) in [6, 6.07) is 30.0. The van der Waals surface area contributed by atoms with Crippen molar-refractivity contribution in [3.8, 4) is 11.5 Å². The first kappa shape index (κ1) is 31.2. The minimum atomic E-state index is -0.692. The van der Waals surface area contributed by atoms with Gasteiger partial charge in [-0.3, -0.25) is 14.2 Å². The molecule has 1 amide bonds. The van der Waals surface area contributed by atoms with Gasteiger partial charge in [-0.25, -0.2) is 4.99 Å². The number of fused-ring (bicyclic) bond motifs is 1. The van der Waals surface area contributed by atoms with Crippen LogP contribution >= 0.6 is 56.5 Å². The molecule has 5 aromatic rings.